The van der Waals surface area contributed by atoms with Crippen LogP contribution in [0.5, 0.6) is 0 Å². The Morgan fingerprint density at radius 2 is 1.17 bits per heavy atom. The molecular formula is C48H56N12OP2S6. The monoisotopic (exact) mass is 1070 g/mol. The molecule has 21 heteroatoms. The zero-order valence-electron chi connectivity index (χ0n) is 39.9. The van der Waals surface area contributed by atoms with Crippen molar-refractivity contribution in [2.24, 2.45) is 0 Å². The molecule has 0 saturated carbocycles. The lowest BCUT2D eigenvalue weighted by atomic mass is 10.0. The largest absolute Gasteiger partial charge is 0.349 e. The van der Waals surface area contributed by atoms with Crippen LogP contribution in [0.4, 0.5) is 34.6 Å². The number of benzene rings is 2. The van der Waals surface area contributed by atoms with Gasteiger partial charge in [0.05, 0.1) is 51.2 Å². The summed E-state index contributed by atoms with van der Waals surface area (Å²) in [6.45, 7) is 10.1. The third-order valence-electron chi connectivity index (χ3n) is 10.9. The normalized spacial score (nSPS) is 12.3. The molecule has 2 aliphatic rings. The van der Waals surface area contributed by atoms with Crippen LogP contribution in [0.15, 0.2) is 73.3 Å². The summed E-state index contributed by atoms with van der Waals surface area (Å²) in [7, 11) is 15.2. The predicted octanol–water partition coefficient (Wildman–Crippen LogP) is 10.3. The van der Waals surface area contributed by atoms with Crippen LogP contribution < -0.4 is 21.3 Å². The number of pyridine rings is 2. The summed E-state index contributed by atoms with van der Waals surface area (Å²) in [5.74, 6) is 1.00. The number of carbonyl (C=O) groups excluding carboxylic acids is 1. The van der Waals surface area contributed by atoms with Gasteiger partial charge in [0.1, 0.15) is 0 Å². The average molecular weight is 1070 g/mol. The molecule has 360 valence electrons. The first kappa shape index (κ1) is 53.8. The SMILES string of the molecule is Cc1ccc2c(c1)NC(=O)Cc1cnc(Nc3cc(CCCN(C)C)cnc3C)nc1-2.Cc1ccc2c(c1)NC(=S)Cc1cnc(Nc3cc(CCCN(C)C)cnc3C)nc1-2.S=PP=S=S=S=S. The van der Waals surface area contributed by atoms with E-state index in [0.29, 0.717) is 18.3 Å². The van der Waals surface area contributed by atoms with Crippen LogP contribution in [0.25, 0.3) is 22.5 Å². The van der Waals surface area contributed by atoms with Gasteiger partial charge in [0.2, 0.25) is 17.8 Å². The standard InChI is InChI=1S/C24H28N6O.C24H28N6S.P2S5/c2*1-15-7-8-19-21(10-15)27-22(31)12-18-14-26-24(29-23(18)19)28-20-11-17(13-25-16(20)2)6-5-9-30(3)4;3-1-2-5-7-6-4/h2*7-8,10-11,13-14H,5-6,9,12H2,1-4H3,(H,27,31)(H,26,28,29);. The minimum atomic E-state index is -0.0552. The molecule has 6 aromatic rings. The van der Waals surface area contributed by atoms with Crippen LogP contribution in [0.3, 0.4) is 0 Å². The highest BCUT2D eigenvalue weighted by molar-refractivity contribution is 8.63. The highest BCUT2D eigenvalue weighted by Gasteiger charge is 2.22. The van der Waals surface area contributed by atoms with E-state index in [2.05, 4.69) is 139 Å². The first-order valence-corrected chi connectivity index (χ1v) is 31.1. The highest BCUT2D eigenvalue weighted by Crippen LogP contribution is 2.36. The molecule has 0 bridgehead atoms. The van der Waals surface area contributed by atoms with Crippen molar-refractivity contribution in [1.29, 1.82) is 0 Å². The van der Waals surface area contributed by atoms with Crippen molar-refractivity contribution in [3.05, 3.63) is 118 Å². The molecule has 13 nitrogen and oxygen atoms in total. The lowest BCUT2D eigenvalue weighted by Gasteiger charge is -2.13. The molecule has 0 aliphatic carbocycles. The molecule has 0 radical (unpaired) electrons. The van der Waals surface area contributed by atoms with E-state index in [-0.39, 0.29) is 12.3 Å². The Bertz CT molecular complexity index is 2820. The number of rotatable bonds is 13. The molecule has 0 spiro atoms. The van der Waals surface area contributed by atoms with E-state index >= 15 is 0 Å². The van der Waals surface area contributed by atoms with Crippen molar-refractivity contribution in [3.8, 4) is 22.5 Å². The molecule has 0 fully saturated rings. The number of amides is 1. The highest BCUT2D eigenvalue weighted by atomic mass is 33.3. The van der Waals surface area contributed by atoms with Gasteiger partial charge >= 0.3 is 0 Å². The lowest BCUT2D eigenvalue weighted by Crippen LogP contribution is -2.13. The molecule has 8 rings (SSSR count). The van der Waals surface area contributed by atoms with E-state index < -0.39 is 0 Å². The summed E-state index contributed by atoms with van der Waals surface area (Å²) in [6.07, 6.45) is 12.5. The van der Waals surface area contributed by atoms with Gasteiger partial charge < -0.3 is 31.1 Å². The number of aromatic nitrogens is 6. The first-order chi connectivity index (χ1) is 33.2. The van der Waals surface area contributed by atoms with Crippen LogP contribution in [0, 0.1) is 27.7 Å². The van der Waals surface area contributed by atoms with E-state index in [4.69, 9.17) is 22.2 Å². The maximum atomic E-state index is 12.3. The van der Waals surface area contributed by atoms with Crippen LogP contribution >= 0.6 is 26.3 Å². The summed E-state index contributed by atoms with van der Waals surface area (Å²) in [4.78, 5) is 45.3. The minimum Gasteiger partial charge on any atom is -0.349 e. The number of aryl methyl sites for hydroxylation is 6. The Morgan fingerprint density at radius 3 is 1.65 bits per heavy atom. The molecule has 2 aromatic carbocycles. The van der Waals surface area contributed by atoms with Gasteiger partial charge in [0.15, 0.2) is 0 Å². The zero-order valence-corrected chi connectivity index (χ0v) is 46.6. The van der Waals surface area contributed by atoms with Crippen LogP contribution in [0.2, 0.25) is 0 Å². The Hall–Kier alpha value is -4.52. The fourth-order valence-corrected chi connectivity index (χ4v) is 17.3. The third-order valence-corrected chi connectivity index (χ3v) is 21.1. The van der Waals surface area contributed by atoms with Crippen molar-refractivity contribution in [1.82, 2.24) is 39.7 Å². The second kappa shape index (κ2) is 26.6. The molecule has 4 N–H and O–H groups in total. The van der Waals surface area contributed by atoms with E-state index in [1.165, 1.54) is 32.6 Å². The van der Waals surface area contributed by atoms with Gasteiger partial charge in [-0.15, -0.1) is 0 Å². The number of carbonyl (C=O) groups is 1. The summed E-state index contributed by atoms with van der Waals surface area (Å²) in [5.41, 5.74) is 15.6. The van der Waals surface area contributed by atoms with Crippen molar-refractivity contribution < 1.29 is 4.79 Å². The fraction of sp³-hybridized carbons (Fsp3) is 0.333. The third kappa shape index (κ3) is 16.3. The number of thiocarbonyl (C=S) groups is 1. The molecule has 1 amide bonds. The maximum absolute atomic E-state index is 12.3. The first-order valence-electron chi connectivity index (χ1n) is 22.1. The number of anilines is 6. The topological polar surface area (TPSA) is 149 Å². The van der Waals surface area contributed by atoms with Gasteiger partial charge in [-0.2, -0.15) is 0 Å². The van der Waals surface area contributed by atoms with Gasteiger partial charge in [-0.1, -0.05) is 36.5 Å². The zero-order chi connectivity index (χ0) is 49.5. The van der Waals surface area contributed by atoms with Crippen molar-refractivity contribution in [2.45, 2.75) is 66.2 Å². The summed E-state index contributed by atoms with van der Waals surface area (Å²) < 4.78 is 0. The summed E-state index contributed by atoms with van der Waals surface area (Å²) in [5, 5.41) is 13.1. The smallest absolute Gasteiger partial charge is 0.228 e. The van der Waals surface area contributed by atoms with Crippen LogP contribution in [0.1, 0.15) is 57.6 Å². The molecule has 6 heterocycles. The van der Waals surface area contributed by atoms with Crippen molar-refractivity contribution >= 4 is 122 Å². The van der Waals surface area contributed by atoms with Crippen molar-refractivity contribution in [2.75, 3.05) is 62.5 Å². The van der Waals surface area contributed by atoms with Gasteiger partial charge in [-0.05, 0) is 191 Å². The maximum Gasteiger partial charge on any atom is 0.228 e. The van der Waals surface area contributed by atoms with Crippen molar-refractivity contribution in [3.63, 3.8) is 0 Å². The number of hydrogen-bond donors (Lipinski definition) is 4. The van der Waals surface area contributed by atoms with Crippen LogP contribution in [-0.4, -0.2) is 91.9 Å². The van der Waals surface area contributed by atoms with E-state index in [9.17, 15) is 4.79 Å². The second-order valence-electron chi connectivity index (χ2n) is 17.1. The Morgan fingerprint density at radius 1 is 0.681 bits per heavy atom. The predicted molar refractivity (Wildman–Crippen MR) is 306 cm³/mol. The van der Waals surface area contributed by atoms with Crippen LogP contribution in [-0.2, 0) is 80.7 Å². The number of fused-ring (bicyclic) bond motifs is 6. The quantitative estimate of drug-likeness (QED) is 0.0642. The summed E-state index contributed by atoms with van der Waals surface area (Å²) in [6, 6.07) is 16.6. The molecular weight excluding hydrogens is 1010 g/mol. The second-order valence-corrected chi connectivity index (χ2v) is 27.3. The molecule has 0 atom stereocenters. The van der Waals surface area contributed by atoms with Gasteiger partial charge in [-0.3, -0.25) is 14.8 Å². The number of nitrogens with zero attached hydrogens (tertiary/aromatic N) is 8. The molecule has 69 heavy (non-hydrogen) atoms. The van der Waals surface area contributed by atoms with Gasteiger partial charge in [0, 0.05) is 73.2 Å². The Balaban J connectivity index is 0.000000199. The fourth-order valence-electron chi connectivity index (χ4n) is 7.49. The Labute approximate surface area is 432 Å². The molecule has 4 aromatic heterocycles. The number of hydrogen-bond acceptors (Lipinski definition) is 14. The lowest BCUT2D eigenvalue weighted by molar-refractivity contribution is -0.115. The molecule has 0 saturated heterocycles. The number of nitrogens with one attached hydrogen (secondary N) is 4. The average Bonchev–Trinajstić information content (AvgIpc) is 3.53. The molecule has 2 aliphatic heterocycles. The van der Waals surface area contributed by atoms with E-state index in [0.717, 1.165) is 124 Å². The minimum absolute atomic E-state index is 0.0552. The Kier molecular flexibility index (Phi) is 20.8. The molecule has 0 unspecified atom stereocenters. The van der Waals surface area contributed by atoms with E-state index in [1.54, 1.807) is 24.6 Å². The summed E-state index contributed by atoms with van der Waals surface area (Å²) >= 11 is 14.7. The van der Waals surface area contributed by atoms with Gasteiger partial charge in [-0.25, -0.2) is 19.9 Å². The van der Waals surface area contributed by atoms with E-state index in [1.807, 2.05) is 57.6 Å². The van der Waals surface area contributed by atoms with Gasteiger partial charge in [0.25, 0.3) is 0 Å².